The van der Waals surface area contributed by atoms with E-state index in [4.69, 9.17) is 10.8 Å². The minimum atomic E-state index is -1.21. The number of carboxylic acid groups (broad SMARTS) is 1. The monoisotopic (exact) mass is 282 g/mol. The average molecular weight is 282 g/mol. The van der Waals surface area contributed by atoms with Gasteiger partial charge in [-0.25, -0.2) is 4.79 Å². The van der Waals surface area contributed by atoms with Crippen molar-refractivity contribution in [1.82, 2.24) is 5.32 Å². The Hall–Kier alpha value is -2.28. The zero-order valence-corrected chi connectivity index (χ0v) is 11.3. The molecule has 1 aromatic rings. The molecule has 110 valence electrons. The molecule has 1 unspecified atom stereocenters. The van der Waals surface area contributed by atoms with Gasteiger partial charge in [-0.2, -0.15) is 0 Å². The average Bonchev–Trinajstić information content (AvgIpc) is 2.31. The summed E-state index contributed by atoms with van der Waals surface area (Å²) in [5.41, 5.74) is 4.86. The SMILES string of the molecule is CC(C)(N)C(=O)NC(Cc1ccc(O)c(O)c1)C(=O)O. The van der Waals surface area contributed by atoms with Gasteiger partial charge in [-0.05, 0) is 31.5 Å². The molecule has 0 radical (unpaired) electrons. The fourth-order valence-electron chi connectivity index (χ4n) is 1.48. The Morgan fingerprint density at radius 1 is 1.30 bits per heavy atom. The van der Waals surface area contributed by atoms with E-state index in [1.54, 1.807) is 0 Å². The Bertz CT molecular complexity index is 522. The largest absolute Gasteiger partial charge is 0.504 e. The molecule has 1 aromatic carbocycles. The Balaban J connectivity index is 2.85. The van der Waals surface area contributed by atoms with Gasteiger partial charge in [0.15, 0.2) is 11.5 Å². The smallest absolute Gasteiger partial charge is 0.326 e. The van der Waals surface area contributed by atoms with Gasteiger partial charge < -0.3 is 26.4 Å². The summed E-state index contributed by atoms with van der Waals surface area (Å²) in [6, 6.07) is 2.78. The maximum atomic E-state index is 11.7. The minimum absolute atomic E-state index is 0.0367. The van der Waals surface area contributed by atoms with Crippen LogP contribution in [0.25, 0.3) is 0 Å². The number of aliphatic carboxylic acids is 1. The molecule has 0 heterocycles. The molecule has 0 aliphatic rings. The summed E-state index contributed by atoms with van der Waals surface area (Å²) in [6.45, 7) is 2.93. The van der Waals surface area contributed by atoms with Crippen LogP contribution in [0.15, 0.2) is 18.2 Å². The third-order valence-electron chi connectivity index (χ3n) is 2.67. The third-order valence-corrected chi connectivity index (χ3v) is 2.67. The summed E-state index contributed by atoms with van der Waals surface area (Å²) in [4.78, 5) is 22.9. The highest BCUT2D eigenvalue weighted by atomic mass is 16.4. The summed E-state index contributed by atoms with van der Waals surface area (Å²) < 4.78 is 0. The highest BCUT2D eigenvalue weighted by Crippen LogP contribution is 2.25. The lowest BCUT2D eigenvalue weighted by molar-refractivity contribution is -0.142. The van der Waals surface area contributed by atoms with E-state index < -0.39 is 23.5 Å². The molecular formula is C13H18N2O5. The van der Waals surface area contributed by atoms with Crippen LogP contribution in [0.5, 0.6) is 11.5 Å². The number of hydrogen-bond acceptors (Lipinski definition) is 5. The van der Waals surface area contributed by atoms with E-state index in [0.29, 0.717) is 5.56 Å². The molecule has 7 heteroatoms. The number of amides is 1. The molecule has 6 N–H and O–H groups in total. The Kier molecular flexibility index (Phi) is 4.57. The molecule has 0 aliphatic carbocycles. The predicted molar refractivity (Wildman–Crippen MR) is 71.3 cm³/mol. The van der Waals surface area contributed by atoms with Gasteiger partial charge >= 0.3 is 5.97 Å². The van der Waals surface area contributed by atoms with Gasteiger partial charge in [-0.3, -0.25) is 4.79 Å². The van der Waals surface area contributed by atoms with Gasteiger partial charge in [-0.1, -0.05) is 6.07 Å². The van der Waals surface area contributed by atoms with Crippen LogP contribution in [0.4, 0.5) is 0 Å². The van der Waals surface area contributed by atoms with Gasteiger partial charge in [0.1, 0.15) is 6.04 Å². The van der Waals surface area contributed by atoms with Crippen molar-refractivity contribution < 1.29 is 24.9 Å². The zero-order chi connectivity index (χ0) is 15.5. The maximum absolute atomic E-state index is 11.7. The number of carbonyl (C=O) groups is 2. The fraction of sp³-hybridized carbons (Fsp3) is 0.385. The first-order valence-electron chi connectivity index (χ1n) is 5.94. The second kappa shape index (κ2) is 5.79. The van der Waals surface area contributed by atoms with Gasteiger partial charge in [0.05, 0.1) is 5.54 Å². The molecule has 0 saturated heterocycles. The van der Waals surface area contributed by atoms with Crippen molar-refractivity contribution in [2.75, 3.05) is 0 Å². The molecular weight excluding hydrogens is 264 g/mol. The second-order valence-corrected chi connectivity index (χ2v) is 5.11. The minimum Gasteiger partial charge on any atom is -0.504 e. The summed E-state index contributed by atoms with van der Waals surface area (Å²) in [6.07, 6.45) is -0.0367. The van der Waals surface area contributed by atoms with E-state index in [1.165, 1.54) is 32.0 Å². The first-order chi connectivity index (χ1) is 9.11. The van der Waals surface area contributed by atoms with Crippen LogP contribution in [-0.2, 0) is 16.0 Å². The van der Waals surface area contributed by atoms with E-state index in [0.717, 1.165) is 0 Å². The maximum Gasteiger partial charge on any atom is 0.326 e. The number of nitrogens with two attached hydrogens (primary N) is 1. The van der Waals surface area contributed by atoms with E-state index in [-0.39, 0.29) is 17.9 Å². The highest BCUT2D eigenvalue weighted by Gasteiger charge is 2.28. The van der Waals surface area contributed by atoms with Crippen LogP contribution in [0.3, 0.4) is 0 Å². The van der Waals surface area contributed by atoms with Crippen molar-refractivity contribution in [2.45, 2.75) is 31.8 Å². The fourth-order valence-corrected chi connectivity index (χ4v) is 1.48. The first-order valence-corrected chi connectivity index (χ1v) is 5.94. The van der Waals surface area contributed by atoms with E-state index >= 15 is 0 Å². The number of phenols is 2. The predicted octanol–water partition coefficient (Wildman–Crippen LogP) is -0.0530. The van der Waals surface area contributed by atoms with Crippen LogP contribution in [0, 0.1) is 0 Å². The number of hydrogen-bond donors (Lipinski definition) is 5. The number of phenolic OH excluding ortho intramolecular Hbond substituents is 2. The number of benzene rings is 1. The Labute approximate surface area is 116 Å². The third kappa shape index (κ3) is 4.13. The zero-order valence-electron chi connectivity index (χ0n) is 11.3. The molecule has 0 saturated carbocycles. The summed E-state index contributed by atoms with van der Waals surface area (Å²) in [5.74, 6) is -2.45. The molecule has 1 atom stereocenters. The topological polar surface area (TPSA) is 133 Å². The number of carbonyl (C=O) groups excluding carboxylic acids is 1. The molecule has 7 nitrogen and oxygen atoms in total. The molecule has 0 bridgehead atoms. The van der Waals surface area contributed by atoms with E-state index in [1.807, 2.05) is 0 Å². The number of nitrogens with one attached hydrogen (secondary N) is 1. The molecule has 1 rings (SSSR count). The molecule has 0 fully saturated rings. The number of rotatable bonds is 5. The lowest BCUT2D eigenvalue weighted by Crippen LogP contribution is -2.54. The standard InChI is InChI=1S/C13H18N2O5/c1-13(2,14)12(20)15-8(11(18)19)5-7-3-4-9(16)10(17)6-7/h3-4,6,8,16-17H,5,14H2,1-2H3,(H,15,20)(H,18,19). The molecule has 20 heavy (non-hydrogen) atoms. The normalized spacial score (nSPS) is 12.8. The quantitative estimate of drug-likeness (QED) is 0.481. The van der Waals surface area contributed by atoms with E-state index in [2.05, 4.69) is 5.32 Å². The van der Waals surface area contributed by atoms with Gasteiger partial charge in [0, 0.05) is 6.42 Å². The van der Waals surface area contributed by atoms with Crippen molar-refractivity contribution in [3.63, 3.8) is 0 Å². The van der Waals surface area contributed by atoms with Crippen molar-refractivity contribution >= 4 is 11.9 Å². The summed E-state index contributed by atoms with van der Waals surface area (Å²) >= 11 is 0. The Morgan fingerprint density at radius 3 is 2.35 bits per heavy atom. The van der Waals surface area contributed by atoms with Crippen LogP contribution in [-0.4, -0.2) is 38.8 Å². The molecule has 0 aliphatic heterocycles. The van der Waals surface area contributed by atoms with Crippen molar-refractivity contribution in [2.24, 2.45) is 5.73 Å². The van der Waals surface area contributed by atoms with Crippen LogP contribution < -0.4 is 11.1 Å². The van der Waals surface area contributed by atoms with Gasteiger partial charge in [0.25, 0.3) is 0 Å². The van der Waals surface area contributed by atoms with Crippen LogP contribution in [0.2, 0.25) is 0 Å². The van der Waals surface area contributed by atoms with Gasteiger partial charge in [0.2, 0.25) is 5.91 Å². The van der Waals surface area contributed by atoms with E-state index in [9.17, 15) is 19.8 Å². The second-order valence-electron chi connectivity index (χ2n) is 5.11. The Morgan fingerprint density at radius 2 is 1.90 bits per heavy atom. The molecule has 1 amide bonds. The lowest BCUT2D eigenvalue weighted by Gasteiger charge is -2.22. The summed E-state index contributed by atoms with van der Waals surface area (Å²) in [7, 11) is 0. The van der Waals surface area contributed by atoms with Crippen molar-refractivity contribution in [3.8, 4) is 11.5 Å². The number of aromatic hydroxyl groups is 2. The highest BCUT2D eigenvalue weighted by molar-refractivity contribution is 5.89. The van der Waals surface area contributed by atoms with Crippen molar-refractivity contribution in [1.29, 1.82) is 0 Å². The van der Waals surface area contributed by atoms with Crippen LogP contribution >= 0.6 is 0 Å². The summed E-state index contributed by atoms with van der Waals surface area (Å²) in [5, 5.41) is 30.0. The van der Waals surface area contributed by atoms with Crippen molar-refractivity contribution in [3.05, 3.63) is 23.8 Å². The number of carboxylic acids is 1. The van der Waals surface area contributed by atoms with Crippen LogP contribution in [0.1, 0.15) is 19.4 Å². The first kappa shape index (κ1) is 15.8. The molecule has 0 aromatic heterocycles. The van der Waals surface area contributed by atoms with Gasteiger partial charge in [-0.15, -0.1) is 0 Å². The molecule has 0 spiro atoms. The lowest BCUT2D eigenvalue weighted by atomic mass is 10.0.